The number of ether oxygens (including phenoxy) is 2. The van der Waals surface area contributed by atoms with E-state index in [1.165, 1.54) is 0 Å². The van der Waals surface area contributed by atoms with Crippen molar-refractivity contribution >= 4 is 16.8 Å². The summed E-state index contributed by atoms with van der Waals surface area (Å²) < 4.78 is 10.7. The van der Waals surface area contributed by atoms with Gasteiger partial charge in [-0.3, -0.25) is 4.79 Å². The van der Waals surface area contributed by atoms with E-state index in [1.54, 1.807) is 14.2 Å². The molecule has 0 fully saturated rings. The van der Waals surface area contributed by atoms with Gasteiger partial charge in [0.15, 0.2) is 0 Å². The first kappa shape index (κ1) is 15.9. The highest BCUT2D eigenvalue weighted by atomic mass is 16.5. The van der Waals surface area contributed by atoms with Crippen molar-refractivity contribution in [1.29, 1.82) is 0 Å². The summed E-state index contributed by atoms with van der Waals surface area (Å²) in [6.45, 7) is 2.06. The Hall–Kier alpha value is -2.95. The summed E-state index contributed by atoms with van der Waals surface area (Å²) in [5, 5.41) is 0.906. The Bertz CT molecular complexity index is 895. The van der Waals surface area contributed by atoms with Crippen molar-refractivity contribution in [2.45, 2.75) is 13.3 Å². The van der Waals surface area contributed by atoms with Gasteiger partial charge in [-0.2, -0.15) is 0 Å². The van der Waals surface area contributed by atoms with Crippen LogP contribution in [0.15, 0.2) is 36.4 Å². The van der Waals surface area contributed by atoms with Crippen molar-refractivity contribution in [2.24, 2.45) is 5.73 Å². The van der Waals surface area contributed by atoms with Gasteiger partial charge in [-0.15, -0.1) is 0 Å². The fourth-order valence-electron chi connectivity index (χ4n) is 2.98. The smallest absolute Gasteiger partial charge is 0.265 e. The molecule has 1 heterocycles. The van der Waals surface area contributed by atoms with Crippen LogP contribution < -0.4 is 15.2 Å². The first-order valence-electron chi connectivity index (χ1n) is 7.75. The fraction of sp³-hybridized carbons (Fsp3) is 0.211. The third kappa shape index (κ3) is 2.58. The van der Waals surface area contributed by atoms with Gasteiger partial charge in [0.05, 0.1) is 14.2 Å². The lowest BCUT2D eigenvalue weighted by Crippen LogP contribution is -2.12. The van der Waals surface area contributed by atoms with Crippen LogP contribution in [-0.2, 0) is 6.42 Å². The molecular formula is C19H20N2O3. The van der Waals surface area contributed by atoms with E-state index in [0.717, 1.165) is 45.5 Å². The lowest BCUT2D eigenvalue weighted by atomic mass is 9.99. The molecule has 1 aromatic heterocycles. The molecule has 2 aromatic carbocycles. The van der Waals surface area contributed by atoms with E-state index in [-0.39, 0.29) is 0 Å². The molecule has 1 amide bonds. The Morgan fingerprint density at radius 3 is 2.38 bits per heavy atom. The molecule has 0 spiro atoms. The Kier molecular flexibility index (Phi) is 4.16. The zero-order valence-corrected chi connectivity index (χ0v) is 14.0. The number of aromatic amines is 1. The molecule has 24 heavy (non-hydrogen) atoms. The third-order valence-electron chi connectivity index (χ3n) is 4.21. The minimum absolute atomic E-state index is 0.394. The molecule has 0 saturated heterocycles. The van der Waals surface area contributed by atoms with E-state index in [0.29, 0.717) is 5.69 Å². The number of aromatic nitrogens is 1. The number of carbonyl (C=O) groups is 1. The van der Waals surface area contributed by atoms with Crippen LogP contribution in [0, 0.1) is 0 Å². The average Bonchev–Trinajstić information content (AvgIpc) is 2.99. The zero-order chi connectivity index (χ0) is 17.3. The summed E-state index contributed by atoms with van der Waals surface area (Å²) in [4.78, 5) is 15.1. The highest BCUT2D eigenvalue weighted by Crippen LogP contribution is 2.36. The number of hydrogen-bond donors (Lipinski definition) is 2. The van der Waals surface area contributed by atoms with Crippen molar-refractivity contribution in [3.8, 4) is 22.6 Å². The van der Waals surface area contributed by atoms with Gasteiger partial charge in [-0.25, -0.2) is 0 Å². The highest BCUT2D eigenvalue weighted by molar-refractivity contribution is 6.09. The van der Waals surface area contributed by atoms with Crippen molar-refractivity contribution < 1.29 is 14.3 Å². The van der Waals surface area contributed by atoms with Gasteiger partial charge in [0.2, 0.25) is 0 Å². The average molecular weight is 324 g/mol. The van der Waals surface area contributed by atoms with Crippen molar-refractivity contribution in [3.63, 3.8) is 0 Å². The molecule has 3 aromatic rings. The number of hydrogen-bond acceptors (Lipinski definition) is 3. The lowest BCUT2D eigenvalue weighted by molar-refractivity contribution is 0.0997. The van der Waals surface area contributed by atoms with E-state index < -0.39 is 5.91 Å². The van der Waals surface area contributed by atoms with E-state index in [1.807, 2.05) is 36.4 Å². The third-order valence-corrected chi connectivity index (χ3v) is 4.21. The molecule has 0 unspecified atom stereocenters. The maximum Gasteiger partial charge on any atom is 0.265 e. The number of H-pyrrole nitrogens is 1. The van der Waals surface area contributed by atoms with Crippen LogP contribution in [0.3, 0.4) is 0 Å². The van der Waals surface area contributed by atoms with Gasteiger partial charge < -0.3 is 20.2 Å². The Labute approximate surface area is 140 Å². The highest BCUT2D eigenvalue weighted by Gasteiger charge is 2.19. The number of primary amides is 1. The standard InChI is InChI=1S/C19H20N2O3/c1-4-11-9-15-14(10-16(11)24-3)17(18(21-15)19(20)22)12-5-7-13(23-2)8-6-12/h5-10,21H,4H2,1-3H3,(H2,20,22). The summed E-state index contributed by atoms with van der Waals surface area (Å²) >= 11 is 0. The topological polar surface area (TPSA) is 77.3 Å². The van der Waals surface area contributed by atoms with Crippen molar-refractivity contribution in [2.75, 3.05) is 14.2 Å². The molecular weight excluding hydrogens is 304 g/mol. The van der Waals surface area contributed by atoms with E-state index in [9.17, 15) is 4.79 Å². The molecule has 0 aliphatic carbocycles. The van der Waals surface area contributed by atoms with Crippen LogP contribution in [-0.4, -0.2) is 25.1 Å². The van der Waals surface area contributed by atoms with Crippen LogP contribution >= 0.6 is 0 Å². The van der Waals surface area contributed by atoms with Crippen LogP contribution in [0.5, 0.6) is 11.5 Å². The molecule has 0 atom stereocenters. The molecule has 0 aliphatic heterocycles. The summed E-state index contributed by atoms with van der Waals surface area (Å²) in [7, 11) is 3.27. The number of fused-ring (bicyclic) bond motifs is 1. The molecule has 5 nitrogen and oxygen atoms in total. The quantitative estimate of drug-likeness (QED) is 0.754. The molecule has 124 valence electrons. The number of benzene rings is 2. The second-order valence-electron chi connectivity index (χ2n) is 5.53. The monoisotopic (exact) mass is 324 g/mol. The summed E-state index contributed by atoms with van der Waals surface area (Å²) in [6, 6.07) is 11.5. The van der Waals surface area contributed by atoms with Crippen molar-refractivity contribution in [3.05, 3.63) is 47.7 Å². The van der Waals surface area contributed by atoms with Gasteiger partial charge in [0.1, 0.15) is 17.2 Å². The maximum absolute atomic E-state index is 11.9. The SMILES string of the molecule is CCc1cc2[nH]c(C(N)=O)c(-c3ccc(OC)cc3)c2cc1OC. The summed E-state index contributed by atoms with van der Waals surface area (Å²) in [6.07, 6.45) is 0.835. The minimum Gasteiger partial charge on any atom is -0.497 e. The predicted molar refractivity (Wildman–Crippen MR) is 94.7 cm³/mol. The van der Waals surface area contributed by atoms with Crippen molar-refractivity contribution in [1.82, 2.24) is 4.98 Å². The molecule has 3 N–H and O–H groups in total. The maximum atomic E-state index is 11.9. The first-order chi connectivity index (χ1) is 11.6. The zero-order valence-electron chi connectivity index (χ0n) is 14.0. The van der Waals surface area contributed by atoms with E-state index in [2.05, 4.69) is 11.9 Å². The van der Waals surface area contributed by atoms with E-state index in [4.69, 9.17) is 15.2 Å². The number of carbonyl (C=O) groups excluding carboxylic acids is 1. The van der Waals surface area contributed by atoms with Gasteiger partial charge in [-0.05, 0) is 41.8 Å². The lowest BCUT2D eigenvalue weighted by Gasteiger charge is -2.08. The molecule has 0 bridgehead atoms. The molecule has 0 saturated carbocycles. The second kappa shape index (κ2) is 6.28. The number of methoxy groups -OCH3 is 2. The fourth-order valence-corrected chi connectivity index (χ4v) is 2.98. The number of amides is 1. The number of nitrogens with one attached hydrogen (secondary N) is 1. The number of rotatable bonds is 5. The minimum atomic E-state index is -0.492. The predicted octanol–water partition coefficient (Wildman–Crippen LogP) is 3.51. The second-order valence-corrected chi connectivity index (χ2v) is 5.53. The molecule has 0 radical (unpaired) electrons. The summed E-state index contributed by atoms with van der Waals surface area (Å²) in [5.74, 6) is 1.06. The van der Waals surface area contributed by atoms with Gasteiger partial charge in [-0.1, -0.05) is 19.1 Å². The molecule has 3 rings (SSSR count). The Morgan fingerprint density at radius 1 is 1.12 bits per heavy atom. The van der Waals surface area contributed by atoms with Crippen LogP contribution in [0.4, 0.5) is 0 Å². The van der Waals surface area contributed by atoms with Crippen LogP contribution in [0.25, 0.3) is 22.0 Å². The normalized spacial score (nSPS) is 10.8. The van der Waals surface area contributed by atoms with Gasteiger partial charge in [0.25, 0.3) is 5.91 Å². The van der Waals surface area contributed by atoms with Crippen LogP contribution in [0.2, 0.25) is 0 Å². The van der Waals surface area contributed by atoms with E-state index >= 15 is 0 Å². The molecule has 5 heteroatoms. The number of nitrogens with two attached hydrogens (primary N) is 1. The Morgan fingerprint density at radius 2 is 1.83 bits per heavy atom. The first-order valence-corrected chi connectivity index (χ1v) is 7.75. The number of aryl methyl sites for hydroxylation is 1. The van der Waals surface area contributed by atoms with Gasteiger partial charge >= 0.3 is 0 Å². The summed E-state index contributed by atoms with van der Waals surface area (Å²) in [5.41, 5.74) is 9.59. The largest absolute Gasteiger partial charge is 0.497 e. The van der Waals surface area contributed by atoms with Gasteiger partial charge in [0, 0.05) is 16.5 Å². The molecule has 0 aliphatic rings. The Balaban J connectivity index is 2.30. The van der Waals surface area contributed by atoms with Crippen LogP contribution in [0.1, 0.15) is 23.0 Å².